The van der Waals surface area contributed by atoms with Gasteiger partial charge in [-0.3, -0.25) is 4.79 Å². The Labute approximate surface area is 166 Å². The molecule has 0 bridgehead atoms. The lowest BCUT2D eigenvalue weighted by atomic mass is 10.0. The second kappa shape index (κ2) is 7.66. The number of carbonyl (C=O) groups excluding carboxylic acids is 2. The van der Waals surface area contributed by atoms with Crippen LogP contribution in [0, 0.1) is 0 Å². The molecule has 0 radical (unpaired) electrons. The second-order valence-electron chi connectivity index (χ2n) is 8.34. The van der Waals surface area contributed by atoms with E-state index in [9.17, 15) is 9.59 Å². The Morgan fingerprint density at radius 3 is 2.29 bits per heavy atom. The first-order valence-electron chi connectivity index (χ1n) is 9.70. The van der Waals surface area contributed by atoms with Crippen LogP contribution in [0.3, 0.4) is 0 Å². The summed E-state index contributed by atoms with van der Waals surface area (Å²) in [5, 5.41) is 5.97. The van der Waals surface area contributed by atoms with Gasteiger partial charge in [0.25, 0.3) is 5.91 Å². The molecule has 5 heteroatoms. The maximum absolute atomic E-state index is 12.3. The highest BCUT2D eigenvalue weighted by Crippen LogP contribution is 2.53. The average molecular weight is 380 g/mol. The fourth-order valence-electron chi connectivity index (χ4n) is 3.46. The number of ether oxygens (including phenoxy) is 1. The Hall–Kier alpha value is -2.82. The molecular weight excluding hydrogens is 352 g/mol. The lowest BCUT2D eigenvalue weighted by Crippen LogP contribution is -2.41. The van der Waals surface area contributed by atoms with E-state index in [1.165, 1.54) is 0 Å². The van der Waals surface area contributed by atoms with E-state index in [1.807, 2.05) is 63.2 Å². The van der Waals surface area contributed by atoms with Crippen LogP contribution in [0.4, 0.5) is 10.5 Å². The van der Waals surface area contributed by atoms with Crippen molar-refractivity contribution in [2.75, 3.05) is 5.32 Å². The number of alkyl carbamates (subject to hydrolysis) is 1. The Balaban J connectivity index is 1.62. The standard InChI is InChI=1S/C23H28N2O3/c1-5-23(25-21(27)28-22(2,3)4)15-19(23)16-11-13-18(14-12-16)24-20(26)17-9-7-6-8-10-17/h6-14,19H,5,15H2,1-4H3,(H,24,26)(H,25,27). The summed E-state index contributed by atoms with van der Waals surface area (Å²) in [6.45, 7) is 7.65. The number of amides is 2. The number of benzene rings is 2. The van der Waals surface area contributed by atoms with Crippen LogP contribution in [-0.4, -0.2) is 23.1 Å². The van der Waals surface area contributed by atoms with Gasteiger partial charge in [0, 0.05) is 17.2 Å². The minimum Gasteiger partial charge on any atom is -0.444 e. The van der Waals surface area contributed by atoms with Gasteiger partial charge in [0.1, 0.15) is 5.60 Å². The maximum atomic E-state index is 12.3. The molecule has 0 heterocycles. The van der Waals surface area contributed by atoms with Crippen LogP contribution in [0.5, 0.6) is 0 Å². The van der Waals surface area contributed by atoms with Crippen LogP contribution >= 0.6 is 0 Å². The largest absolute Gasteiger partial charge is 0.444 e. The predicted molar refractivity (Wildman–Crippen MR) is 111 cm³/mol. The molecule has 5 nitrogen and oxygen atoms in total. The number of hydrogen-bond acceptors (Lipinski definition) is 3. The first kappa shape index (κ1) is 19.9. The van der Waals surface area contributed by atoms with E-state index in [1.54, 1.807) is 12.1 Å². The molecule has 2 aromatic carbocycles. The fraction of sp³-hybridized carbons (Fsp3) is 0.391. The van der Waals surface area contributed by atoms with E-state index in [-0.39, 0.29) is 23.5 Å². The first-order valence-corrected chi connectivity index (χ1v) is 9.70. The molecule has 0 spiro atoms. The molecule has 2 unspecified atom stereocenters. The van der Waals surface area contributed by atoms with E-state index >= 15 is 0 Å². The Morgan fingerprint density at radius 2 is 1.71 bits per heavy atom. The number of rotatable bonds is 5. The molecule has 28 heavy (non-hydrogen) atoms. The zero-order valence-corrected chi connectivity index (χ0v) is 16.9. The zero-order chi connectivity index (χ0) is 20.4. The van der Waals surface area contributed by atoms with Gasteiger partial charge in [0.15, 0.2) is 0 Å². The van der Waals surface area contributed by atoms with Crippen LogP contribution in [0.1, 0.15) is 62.4 Å². The molecule has 0 aliphatic heterocycles. The Bertz CT molecular complexity index is 840. The van der Waals surface area contributed by atoms with Gasteiger partial charge in [-0.15, -0.1) is 0 Å². The van der Waals surface area contributed by atoms with Crippen molar-refractivity contribution < 1.29 is 14.3 Å². The molecular formula is C23H28N2O3. The van der Waals surface area contributed by atoms with Crippen molar-refractivity contribution in [1.82, 2.24) is 5.32 Å². The topological polar surface area (TPSA) is 67.4 Å². The molecule has 2 amide bonds. The van der Waals surface area contributed by atoms with Gasteiger partial charge < -0.3 is 15.4 Å². The van der Waals surface area contributed by atoms with Crippen molar-refractivity contribution in [3.63, 3.8) is 0 Å². The summed E-state index contributed by atoms with van der Waals surface area (Å²) in [4.78, 5) is 24.4. The molecule has 1 aliphatic rings. The highest BCUT2D eigenvalue weighted by Gasteiger charge is 2.55. The van der Waals surface area contributed by atoms with Crippen molar-refractivity contribution in [1.29, 1.82) is 0 Å². The second-order valence-corrected chi connectivity index (χ2v) is 8.34. The quantitative estimate of drug-likeness (QED) is 0.758. The summed E-state index contributed by atoms with van der Waals surface area (Å²) in [5.74, 6) is 0.123. The molecule has 2 atom stereocenters. The van der Waals surface area contributed by atoms with Gasteiger partial charge in [-0.1, -0.05) is 37.3 Å². The normalized spacial score (nSPS) is 20.9. The molecule has 1 fully saturated rings. The van der Waals surface area contributed by atoms with E-state index in [0.29, 0.717) is 5.56 Å². The van der Waals surface area contributed by atoms with E-state index in [4.69, 9.17) is 4.74 Å². The fourth-order valence-corrected chi connectivity index (χ4v) is 3.46. The van der Waals surface area contributed by atoms with Gasteiger partial charge in [0.05, 0.1) is 5.54 Å². The van der Waals surface area contributed by atoms with Gasteiger partial charge in [-0.05, 0) is 63.4 Å². The third-order valence-electron chi connectivity index (χ3n) is 5.06. The van der Waals surface area contributed by atoms with Crippen LogP contribution in [0.25, 0.3) is 0 Å². The Morgan fingerprint density at radius 1 is 1.07 bits per heavy atom. The van der Waals surface area contributed by atoms with E-state index in [0.717, 1.165) is 24.1 Å². The maximum Gasteiger partial charge on any atom is 0.408 e. The summed E-state index contributed by atoms with van der Waals surface area (Å²) < 4.78 is 5.41. The van der Waals surface area contributed by atoms with E-state index in [2.05, 4.69) is 17.6 Å². The molecule has 2 N–H and O–H groups in total. The van der Waals surface area contributed by atoms with Crippen molar-refractivity contribution in [2.45, 2.75) is 57.6 Å². The zero-order valence-electron chi connectivity index (χ0n) is 16.9. The predicted octanol–water partition coefficient (Wildman–Crippen LogP) is 5.10. The molecule has 1 saturated carbocycles. The summed E-state index contributed by atoms with van der Waals surface area (Å²) in [6, 6.07) is 17.0. The smallest absolute Gasteiger partial charge is 0.408 e. The summed E-state index contributed by atoms with van der Waals surface area (Å²) in [7, 11) is 0. The minimum atomic E-state index is -0.512. The lowest BCUT2D eigenvalue weighted by molar-refractivity contribution is 0.0492. The highest BCUT2D eigenvalue weighted by atomic mass is 16.6. The molecule has 0 saturated heterocycles. The number of anilines is 1. The SMILES string of the molecule is CCC1(NC(=O)OC(C)(C)C)CC1c1ccc(NC(=O)c2ccccc2)cc1. The number of hydrogen-bond donors (Lipinski definition) is 2. The molecule has 3 rings (SSSR count). The minimum absolute atomic E-state index is 0.130. The third-order valence-corrected chi connectivity index (χ3v) is 5.06. The van der Waals surface area contributed by atoms with Gasteiger partial charge in [-0.2, -0.15) is 0 Å². The number of nitrogens with one attached hydrogen (secondary N) is 2. The summed E-state index contributed by atoms with van der Waals surface area (Å²) in [5.41, 5.74) is 1.76. The van der Waals surface area contributed by atoms with Crippen LogP contribution in [0.15, 0.2) is 54.6 Å². The van der Waals surface area contributed by atoms with Crippen molar-refractivity contribution >= 4 is 17.7 Å². The van der Waals surface area contributed by atoms with Gasteiger partial charge in [0.2, 0.25) is 0 Å². The first-order chi connectivity index (χ1) is 13.2. The molecule has 0 aromatic heterocycles. The summed E-state index contributed by atoms with van der Waals surface area (Å²) in [6.07, 6.45) is 1.35. The average Bonchev–Trinajstić information content (AvgIpc) is 3.35. The molecule has 2 aromatic rings. The monoisotopic (exact) mass is 380 g/mol. The van der Waals surface area contributed by atoms with Crippen LogP contribution in [0.2, 0.25) is 0 Å². The third kappa shape index (κ3) is 4.71. The number of carbonyl (C=O) groups is 2. The molecule has 1 aliphatic carbocycles. The Kier molecular flexibility index (Phi) is 5.45. The molecule has 148 valence electrons. The lowest BCUT2D eigenvalue weighted by Gasteiger charge is -2.23. The van der Waals surface area contributed by atoms with Crippen molar-refractivity contribution in [3.8, 4) is 0 Å². The van der Waals surface area contributed by atoms with Crippen molar-refractivity contribution in [3.05, 3.63) is 65.7 Å². The van der Waals surface area contributed by atoms with Crippen LogP contribution < -0.4 is 10.6 Å². The van der Waals surface area contributed by atoms with Gasteiger partial charge in [-0.25, -0.2) is 4.79 Å². The summed E-state index contributed by atoms with van der Waals surface area (Å²) >= 11 is 0. The highest BCUT2D eigenvalue weighted by molar-refractivity contribution is 6.04. The van der Waals surface area contributed by atoms with Gasteiger partial charge >= 0.3 is 6.09 Å². The van der Waals surface area contributed by atoms with Crippen molar-refractivity contribution in [2.24, 2.45) is 0 Å². The van der Waals surface area contributed by atoms with Crippen LogP contribution in [-0.2, 0) is 4.74 Å². The van der Waals surface area contributed by atoms with E-state index < -0.39 is 5.60 Å².